The molecule has 5 aromatic rings. The van der Waals surface area contributed by atoms with Gasteiger partial charge >= 0.3 is 0 Å². The van der Waals surface area contributed by atoms with Gasteiger partial charge in [0.2, 0.25) is 15.7 Å². The van der Waals surface area contributed by atoms with E-state index in [4.69, 9.17) is 0 Å². The van der Waals surface area contributed by atoms with Crippen LogP contribution in [-0.4, -0.2) is 91.2 Å². The van der Waals surface area contributed by atoms with Gasteiger partial charge < -0.3 is 14.8 Å². The molecule has 254 valence electrons. The van der Waals surface area contributed by atoms with E-state index in [0.717, 1.165) is 46.3 Å². The molecule has 6 rings (SSSR count). The highest BCUT2D eigenvalue weighted by atomic mass is 32.2. The fourth-order valence-corrected chi connectivity index (χ4v) is 7.99. The smallest absolute Gasteiger partial charge is 0.253 e. The first kappa shape index (κ1) is 34.0. The molecule has 1 N–H and O–H groups in total. The summed E-state index contributed by atoms with van der Waals surface area (Å²) in [6.07, 6.45) is 4.40. The molecule has 11 heteroatoms. The fourth-order valence-electron chi connectivity index (χ4n) is 6.54. The van der Waals surface area contributed by atoms with Crippen LogP contribution in [-0.2, 0) is 27.6 Å². The number of aryl methyl sites for hydroxylation is 3. The lowest BCUT2D eigenvalue weighted by atomic mass is 9.90. The Kier molecular flexibility index (Phi) is 9.17. The number of hydrogen-bond acceptors (Lipinski definition) is 7. The van der Waals surface area contributed by atoms with Crippen molar-refractivity contribution in [1.82, 2.24) is 29.7 Å². The molecule has 0 radical (unpaired) electrons. The van der Waals surface area contributed by atoms with Crippen LogP contribution in [0.15, 0.2) is 70.8 Å². The molecule has 0 bridgehead atoms. The molecule has 1 aliphatic heterocycles. The standard InChI is InChI=1S/C38H42N6O4S/c1-23-8-10-31(27-18-24(2)29-12-14-44(22-28(29)19-27)15-13-35(45)42(4)5)33(16-23)49(47,48)34-21-40-37-36(41-34)32(20-39-37)26-9-11-30(25(3)17-26)38(46)43(6)7/h8-11,16-21H,12-15,22H2,1-7H3,(H,39,40). The summed E-state index contributed by atoms with van der Waals surface area (Å²) in [4.78, 5) is 42.7. The third-order valence-electron chi connectivity index (χ3n) is 9.32. The average Bonchev–Trinajstić information content (AvgIpc) is 3.50. The quantitative estimate of drug-likeness (QED) is 0.227. The van der Waals surface area contributed by atoms with Crippen molar-refractivity contribution in [2.24, 2.45) is 0 Å². The Bertz CT molecular complexity index is 2220. The molecule has 1 aliphatic rings. The number of carbonyl (C=O) groups is 2. The minimum atomic E-state index is -4.11. The minimum absolute atomic E-state index is 0.0898. The molecule has 0 saturated heterocycles. The van der Waals surface area contributed by atoms with Crippen molar-refractivity contribution in [1.29, 1.82) is 0 Å². The molecule has 10 nitrogen and oxygen atoms in total. The molecular formula is C38H42N6O4S. The number of rotatable bonds is 8. The highest BCUT2D eigenvalue weighted by molar-refractivity contribution is 7.91. The predicted octanol–water partition coefficient (Wildman–Crippen LogP) is 5.59. The number of aromatic nitrogens is 3. The second-order valence-corrected chi connectivity index (χ2v) is 15.2. The Morgan fingerprint density at radius 2 is 1.65 bits per heavy atom. The van der Waals surface area contributed by atoms with Crippen molar-refractivity contribution < 1.29 is 18.0 Å². The summed E-state index contributed by atoms with van der Waals surface area (Å²) in [5.41, 5.74) is 9.56. The van der Waals surface area contributed by atoms with Gasteiger partial charge in [-0.3, -0.25) is 14.5 Å². The van der Waals surface area contributed by atoms with Crippen LogP contribution >= 0.6 is 0 Å². The van der Waals surface area contributed by atoms with E-state index in [-0.39, 0.29) is 21.7 Å². The molecule has 3 aromatic carbocycles. The largest absolute Gasteiger partial charge is 0.349 e. The van der Waals surface area contributed by atoms with Crippen LogP contribution in [0.3, 0.4) is 0 Å². The summed E-state index contributed by atoms with van der Waals surface area (Å²) in [7, 11) is 2.86. The minimum Gasteiger partial charge on any atom is -0.349 e. The van der Waals surface area contributed by atoms with Gasteiger partial charge in [0.15, 0.2) is 10.7 Å². The molecule has 0 atom stereocenters. The van der Waals surface area contributed by atoms with E-state index in [1.165, 1.54) is 16.7 Å². The first-order valence-corrected chi connectivity index (χ1v) is 17.8. The van der Waals surface area contributed by atoms with E-state index in [1.54, 1.807) is 51.4 Å². The Morgan fingerprint density at radius 1 is 0.898 bits per heavy atom. The number of hydrogen-bond donors (Lipinski definition) is 1. The summed E-state index contributed by atoms with van der Waals surface area (Å²) < 4.78 is 28.9. The highest BCUT2D eigenvalue weighted by Gasteiger charge is 2.27. The van der Waals surface area contributed by atoms with E-state index >= 15 is 0 Å². The second kappa shape index (κ2) is 13.2. The molecule has 49 heavy (non-hydrogen) atoms. The van der Waals surface area contributed by atoms with Gasteiger partial charge in [-0.15, -0.1) is 0 Å². The maximum Gasteiger partial charge on any atom is 0.253 e. The second-order valence-electron chi connectivity index (χ2n) is 13.3. The SMILES string of the molecule is Cc1ccc(-c2cc(C)c3c(c2)CN(CCC(=O)N(C)C)CC3)c(S(=O)(=O)c2cnc3[nH]cc(-c4ccc(C(=O)N(C)C)c(C)c4)c3n2)c1. The molecule has 0 spiro atoms. The van der Waals surface area contributed by atoms with Crippen LogP contribution in [0.25, 0.3) is 33.4 Å². The van der Waals surface area contributed by atoms with E-state index in [1.807, 2.05) is 38.1 Å². The average molecular weight is 679 g/mol. The summed E-state index contributed by atoms with van der Waals surface area (Å²) in [5, 5.41) is -0.143. The lowest BCUT2D eigenvalue weighted by molar-refractivity contribution is -0.129. The van der Waals surface area contributed by atoms with Crippen LogP contribution < -0.4 is 0 Å². The van der Waals surface area contributed by atoms with Gasteiger partial charge in [-0.25, -0.2) is 18.4 Å². The van der Waals surface area contributed by atoms with Gasteiger partial charge in [-0.2, -0.15) is 0 Å². The van der Waals surface area contributed by atoms with Gasteiger partial charge in [0.1, 0.15) is 5.52 Å². The molecule has 0 aliphatic carbocycles. The van der Waals surface area contributed by atoms with Crippen molar-refractivity contribution in [3.05, 3.63) is 94.3 Å². The van der Waals surface area contributed by atoms with Crippen molar-refractivity contribution in [2.45, 2.75) is 50.1 Å². The third-order valence-corrected chi connectivity index (χ3v) is 11.0. The van der Waals surface area contributed by atoms with Crippen LogP contribution in [0.4, 0.5) is 0 Å². The van der Waals surface area contributed by atoms with Gasteiger partial charge in [-0.1, -0.05) is 30.3 Å². The first-order valence-electron chi connectivity index (χ1n) is 16.3. The number of benzene rings is 3. The lowest BCUT2D eigenvalue weighted by Crippen LogP contribution is -2.34. The van der Waals surface area contributed by atoms with Gasteiger partial charge in [-0.05, 0) is 84.3 Å². The maximum absolute atomic E-state index is 14.5. The Morgan fingerprint density at radius 3 is 2.37 bits per heavy atom. The van der Waals surface area contributed by atoms with Gasteiger partial charge in [0.25, 0.3) is 5.91 Å². The summed E-state index contributed by atoms with van der Waals surface area (Å²) in [6.45, 7) is 8.07. The summed E-state index contributed by atoms with van der Waals surface area (Å²) in [5.74, 6) is 0.0100. The zero-order chi connectivity index (χ0) is 35.2. The molecule has 2 amide bonds. The highest BCUT2D eigenvalue weighted by Crippen LogP contribution is 2.36. The number of aromatic amines is 1. The van der Waals surface area contributed by atoms with Crippen molar-refractivity contribution in [2.75, 3.05) is 41.3 Å². The van der Waals surface area contributed by atoms with Crippen molar-refractivity contribution in [3.63, 3.8) is 0 Å². The lowest BCUT2D eigenvalue weighted by Gasteiger charge is -2.30. The number of sulfone groups is 1. The number of nitrogens with zero attached hydrogens (tertiary/aromatic N) is 5. The summed E-state index contributed by atoms with van der Waals surface area (Å²) in [6, 6.07) is 15.2. The molecule has 0 unspecified atom stereocenters. The van der Waals surface area contributed by atoms with Gasteiger partial charge in [0, 0.05) is 77.1 Å². The number of carbonyl (C=O) groups excluding carboxylic acids is 2. The van der Waals surface area contributed by atoms with Crippen molar-refractivity contribution in [3.8, 4) is 22.3 Å². The summed E-state index contributed by atoms with van der Waals surface area (Å²) >= 11 is 0. The molecule has 0 saturated carbocycles. The number of fused-ring (bicyclic) bond motifs is 2. The van der Waals surface area contributed by atoms with Crippen molar-refractivity contribution >= 4 is 32.8 Å². The molecule has 2 aromatic heterocycles. The Labute approximate surface area is 287 Å². The van der Waals surface area contributed by atoms with E-state index in [9.17, 15) is 18.0 Å². The van der Waals surface area contributed by atoms with Crippen LogP contribution in [0.2, 0.25) is 0 Å². The zero-order valence-electron chi connectivity index (χ0n) is 29.1. The van der Waals surface area contributed by atoms with E-state index < -0.39 is 9.84 Å². The number of H-pyrrole nitrogens is 1. The van der Waals surface area contributed by atoms with Gasteiger partial charge in [0.05, 0.1) is 11.1 Å². The van der Waals surface area contributed by atoms with E-state index in [0.29, 0.717) is 47.4 Å². The maximum atomic E-state index is 14.5. The number of amides is 2. The fraction of sp³-hybridized carbons (Fsp3) is 0.316. The molecule has 3 heterocycles. The monoisotopic (exact) mass is 678 g/mol. The predicted molar refractivity (Wildman–Crippen MR) is 191 cm³/mol. The number of nitrogens with one attached hydrogen (secondary N) is 1. The van der Waals surface area contributed by atoms with Crippen LogP contribution in [0.5, 0.6) is 0 Å². The van der Waals surface area contributed by atoms with E-state index in [2.05, 4.69) is 38.9 Å². The Balaban J connectivity index is 1.37. The first-order chi connectivity index (χ1) is 23.2. The molecule has 0 fully saturated rings. The molecular weight excluding hydrogens is 637 g/mol. The zero-order valence-corrected chi connectivity index (χ0v) is 29.9. The van der Waals surface area contributed by atoms with Crippen LogP contribution in [0.1, 0.15) is 44.6 Å². The normalized spacial score (nSPS) is 13.4. The Hall–Kier alpha value is -4.87. The van der Waals surface area contributed by atoms with Crippen LogP contribution in [0, 0.1) is 20.8 Å². The topological polar surface area (TPSA) is 120 Å². The third kappa shape index (κ3) is 6.60.